The molecule has 0 aliphatic heterocycles. The molecule has 2 N–H and O–H groups in total. The Labute approximate surface area is 60.4 Å². The van der Waals surface area contributed by atoms with Crippen LogP contribution in [0.2, 0.25) is 0 Å². The molecule has 0 aromatic heterocycles. The molecule has 0 bridgehead atoms. The second-order valence-electron chi connectivity index (χ2n) is 1.66. The predicted octanol–water partition coefficient (Wildman–Crippen LogP) is 0.801. The minimum atomic E-state index is -0.690. The van der Waals surface area contributed by atoms with Crippen LogP contribution in [-0.4, -0.2) is 22.9 Å². The first-order valence-electron chi connectivity index (χ1n) is 3.11. The number of hydrogen-bond acceptors (Lipinski definition) is 4. The van der Waals surface area contributed by atoms with Crippen LogP contribution in [0.4, 0.5) is 0 Å². The van der Waals surface area contributed by atoms with E-state index in [0.717, 1.165) is 19.8 Å². The molecule has 62 valence electrons. The van der Waals surface area contributed by atoms with E-state index in [1.165, 1.54) is 0 Å². The third-order valence-electron chi connectivity index (χ3n) is 0.640. The molecule has 4 nitrogen and oxygen atoms in total. The van der Waals surface area contributed by atoms with E-state index in [2.05, 4.69) is 11.8 Å². The van der Waals surface area contributed by atoms with Crippen molar-refractivity contribution in [3.63, 3.8) is 0 Å². The predicted molar refractivity (Wildman–Crippen MR) is 36.4 cm³/mol. The minimum absolute atomic E-state index is 0.344. The topological polar surface area (TPSA) is 66.8 Å². The monoisotopic (exact) mass is 150 g/mol. The Morgan fingerprint density at radius 3 is 2.00 bits per heavy atom. The van der Waals surface area contributed by atoms with Crippen LogP contribution in [0.3, 0.4) is 0 Å². The molecule has 0 rings (SSSR count). The van der Waals surface area contributed by atoms with Gasteiger partial charge in [-0.1, -0.05) is 13.3 Å². The summed E-state index contributed by atoms with van der Waals surface area (Å²) in [7, 11) is 0. The second-order valence-corrected chi connectivity index (χ2v) is 1.66. The number of aliphatic hydroxyl groups excluding tert-OH is 1. The van der Waals surface area contributed by atoms with Crippen molar-refractivity contribution in [3.8, 4) is 0 Å². The van der Waals surface area contributed by atoms with Crippen LogP contribution in [-0.2, 0) is 9.68 Å². The molecule has 0 saturated carbocycles. The number of rotatable bonds is 2. The van der Waals surface area contributed by atoms with Crippen molar-refractivity contribution in [3.05, 3.63) is 0 Å². The molecule has 0 saturated heterocycles. The average molecular weight is 150 g/mol. The molecule has 0 aliphatic rings. The summed E-state index contributed by atoms with van der Waals surface area (Å²) in [5.41, 5.74) is 0. The number of carbonyl (C=O) groups is 1. The molecule has 0 spiro atoms. The Bertz CT molecular complexity index is 70.1. The van der Waals surface area contributed by atoms with Crippen molar-refractivity contribution in [2.24, 2.45) is 0 Å². The summed E-state index contributed by atoms with van der Waals surface area (Å²) in [6.07, 6.45) is 2.04. The fourth-order valence-corrected chi connectivity index (χ4v) is 0.158. The van der Waals surface area contributed by atoms with Crippen LogP contribution in [0.5, 0.6) is 0 Å². The molecule has 0 atom stereocenters. The van der Waals surface area contributed by atoms with Gasteiger partial charge in [0.2, 0.25) is 0 Å². The number of unbranched alkanes of at least 4 members (excludes halogenated alkanes) is 1. The van der Waals surface area contributed by atoms with E-state index in [1.807, 2.05) is 0 Å². The van der Waals surface area contributed by atoms with Gasteiger partial charge in [0.1, 0.15) is 0 Å². The minimum Gasteiger partial charge on any atom is -0.396 e. The van der Waals surface area contributed by atoms with E-state index >= 15 is 0 Å². The highest BCUT2D eigenvalue weighted by Gasteiger charge is 1.79. The van der Waals surface area contributed by atoms with Gasteiger partial charge in [-0.15, -0.1) is 0 Å². The SMILES string of the molecule is CC(=O)OO.CCCCO. The molecule has 10 heavy (non-hydrogen) atoms. The van der Waals surface area contributed by atoms with Gasteiger partial charge in [0, 0.05) is 13.5 Å². The van der Waals surface area contributed by atoms with Crippen LogP contribution in [0.1, 0.15) is 26.7 Å². The number of hydrogen-bond donors (Lipinski definition) is 2. The van der Waals surface area contributed by atoms with Gasteiger partial charge in [0.25, 0.3) is 0 Å². The van der Waals surface area contributed by atoms with Crippen molar-refractivity contribution < 1.29 is 20.0 Å². The van der Waals surface area contributed by atoms with Crippen LogP contribution >= 0.6 is 0 Å². The summed E-state index contributed by atoms with van der Waals surface area (Å²) in [6, 6.07) is 0. The Morgan fingerprint density at radius 2 is 2.00 bits per heavy atom. The molecular weight excluding hydrogens is 136 g/mol. The maximum Gasteiger partial charge on any atom is 0.339 e. The van der Waals surface area contributed by atoms with Crippen LogP contribution in [0.15, 0.2) is 0 Å². The lowest BCUT2D eigenvalue weighted by atomic mass is 10.4. The molecule has 0 heterocycles. The fourth-order valence-electron chi connectivity index (χ4n) is 0.158. The molecule has 0 fully saturated rings. The van der Waals surface area contributed by atoms with E-state index in [4.69, 9.17) is 10.4 Å². The summed E-state index contributed by atoms with van der Waals surface area (Å²) in [5.74, 6) is -0.690. The molecular formula is C6H14O4. The van der Waals surface area contributed by atoms with Gasteiger partial charge in [-0.3, -0.25) is 0 Å². The summed E-state index contributed by atoms with van der Waals surface area (Å²) >= 11 is 0. The molecule has 0 aliphatic carbocycles. The Hall–Kier alpha value is -0.610. The maximum atomic E-state index is 9.34. The molecule has 0 aromatic carbocycles. The van der Waals surface area contributed by atoms with E-state index in [9.17, 15) is 4.79 Å². The zero-order valence-corrected chi connectivity index (χ0v) is 6.33. The largest absolute Gasteiger partial charge is 0.396 e. The Balaban J connectivity index is 0. The third-order valence-corrected chi connectivity index (χ3v) is 0.640. The summed E-state index contributed by atoms with van der Waals surface area (Å²) in [5, 5.41) is 15.4. The third kappa shape index (κ3) is 26.3. The smallest absolute Gasteiger partial charge is 0.339 e. The highest BCUT2D eigenvalue weighted by Crippen LogP contribution is 1.78. The van der Waals surface area contributed by atoms with Crippen molar-refractivity contribution in [2.45, 2.75) is 26.7 Å². The lowest BCUT2D eigenvalue weighted by Gasteiger charge is -1.79. The summed E-state index contributed by atoms with van der Waals surface area (Å²) in [4.78, 5) is 12.5. The normalized spacial score (nSPS) is 7.60. The fraction of sp³-hybridized carbons (Fsp3) is 0.833. The number of carbonyl (C=O) groups excluding carboxylic acids is 1. The van der Waals surface area contributed by atoms with Crippen molar-refractivity contribution in [1.29, 1.82) is 0 Å². The van der Waals surface area contributed by atoms with Crippen molar-refractivity contribution in [2.75, 3.05) is 6.61 Å². The van der Waals surface area contributed by atoms with Gasteiger partial charge in [0.05, 0.1) is 0 Å². The van der Waals surface area contributed by atoms with Crippen LogP contribution in [0.25, 0.3) is 0 Å². The van der Waals surface area contributed by atoms with Gasteiger partial charge >= 0.3 is 5.97 Å². The maximum absolute atomic E-state index is 9.34. The first-order chi connectivity index (χ1) is 4.68. The van der Waals surface area contributed by atoms with E-state index in [0.29, 0.717) is 6.61 Å². The van der Waals surface area contributed by atoms with Crippen molar-refractivity contribution in [1.82, 2.24) is 0 Å². The standard InChI is InChI=1S/C4H10O.C2H4O3/c1-2-3-4-5;1-2(3)5-4/h5H,2-4H2,1H3;4H,1H3. The molecule has 4 heteroatoms. The van der Waals surface area contributed by atoms with Crippen LogP contribution in [0, 0.1) is 0 Å². The molecule has 0 radical (unpaired) electrons. The second kappa shape index (κ2) is 11.2. The lowest BCUT2D eigenvalue weighted by molar-refractivity contribution is -0.231. The van der Waals surface area contributed by atoms with Gasteiger partial charge in [-0.25, -0.2) is 4.79 Å². The van der Waals surface area contributed by atoms with Crippen molar-refractivity contribution >= 4 is 5.97 Å². The summed E-state index contributed by atoms with van der Waals surface area (Å²) in [6.45, 7) is 3.51. The van der Waals surface area contributed by atoms with E-state index < -0.39 is 5.97 Å². The van der Waals surface area contributed by atoms with Gasteiger partial charge in [-0.05, 0) is 6.42 Å². The lowest BCUT2D eigenvalue weighted by Crippen LogP contribution is -1.89. The highest BCUT2D eigenvalue weighted by atomic mass is 17.1. The number of aliphatic hydroxyl groups is 1. The first kappa shape index (κ1) is 12.1. The van der Waals surface area contributed by atoms with Crippen LogP contribution < -0.4 is 0 Å². The van der Waals surface area contributed by atoms with Gasteiger partial charge in [0.15, 0.2) is 0 Å². The van der Waals surface area contributed by atoms with E-state index in [-0.39, 0.29) is 0 Å². The average Bonchev–Trinajstić information content (AvgIpc) is 1.91. The van der Waals surface area contributed by atoms with Gasteiger partial charge in [-0.2, -0.15) is 5.26 Å². The van der Waals surface area contributed by atoms with Gasteiger partial charge < -0.3 is 9.99 Å². The van der Waals surface area contributed by atoms with E-state index in [1.54, 1.807) is 0 Å². The first-order valence-corrected chi connectivity index (χ1v) is 3.11. The molecule has 0 unspecified atom stereocenters. The molecule has 0 amide bonds. The quantitative estimate of drug-likeness (QED) is 0.451. The zero-order chi connectivity index (χ0) is 8.41. The summed E-state index contributed by atoms with van der Waals surface area (Å²) < 4.78 is 0. The Morgan fingerprint density at radius 1 is 1.60 bits per heavy atom. The highest BCUT2D eigenvalue weighted by molar-refractivity contribution is 5.64. The Kier molecular flexibility index (Phi) is 13.6. The zero-order valence-electron chi connectivity index (χ0n) is 6.33. The molecule has 0 aromatic rings.